The first-order valence-corrected chi connectivity index (χ1v) is 8.54. The molecule has 0 fully saturated rings. The maximum Gasteiger partial charge on any atom is 0.445 e. The second kappa shape index (κ2) is 7.38. The summed E-state index contributed by atoms with van der Waals surface area (Å²) in [6.45, 7) is 0. The molecule has 0 aliphatic heterocycles. The second-order valence-electron chi connectivity index (χ2n) is 4.81. The summed E-state index contributed by atoms with van der Waals surface area (Å²) in [5, 5.41) is 7.15. The highest BCUT2D eigenvalue weighted by molar-refractivity contribution is 9.10. The summed E-state index contributed by atoms with van der Waals surface area (Å²) in [4.78, 5) is 16.0. The smallest absolute Gasteiger partial charge is 0.439 e. The summed E-state index contributed by atoms with van der Waals surface area (Å²) in [7, 11) is 0. The number of ether oxygens (including phenoxy) is 1. The van der Waals surface area contributed by atoms with E-state index >= 15 is 0 Å². The first-order chi connectivity index (χ1) is 12.3. The van der Waals surface area contributed by atoms with E-state index in [9.17, 15) is 18.0 Å². The van der Waals surface area contributed by atoms with E-state index in [1.54, 1.807) is 18.2 Å². The predicted molar refractivity (Wildman–Crippen MR) is 91.3 cm³/mol. The number of carbonyl (C=O) groups is 1. The van der Waals surface area contributed by atoms with Crippen molar-refractivity contribution in [2.75, 3.05) is 5.32 Å². The van der Waals surface area contributed by atoms with Crippen LogP contribution in [-0.4, -0.2) is 21.1 Å². The molecule has 0 saturated carbocycles. The van der Waals surface area contributed by atoms with Crippen LogP contribution in [-0.2, 0) is 6.18 Å². The van der Waals surface area contributed by atoms with Crippen LogP contribution in [0.2, 0.25) is 0 Å². The van der Waals surface area contributed by atoms with Crippen molar-refractivity contribution < 1.29 is 22.7 Å². The van der Waals surface area contributed by atoms with Gasteiger partial charge >= 0.3 is 6.18 Å². The van der Waals surface area contributed by atoms with E-state index in [0.29, 0.717) is 5.75 Å². The zero-order valence-corrected chi connectivity index (χ0v) is 15.0. The van der Waals surface area contributed by atoms with E-state index in [1.807, 2.05) is 6.07 Å². The van der Waals surface area contributed by atoms with Crippen LogP contribution < -0.4 is 10.1 Å². The molecule has 11 heteroatoms. The Morgan fingerprint density at radius 2 is 2.00 bits per heavy atom. The average Bonchev–Trinajstić information content (AvgIpc) is 3.04. The number of benzene rings is 1. The quantitative estimate of drug-likeness (QED) is 0.627. The van der Waals surface area contributed by atoms with Crippen LogP contribution in [0.25, 0.3) is 0 Å². The number of hydrogen-bond acceptors (Lipinski definition) is 6. The third-order valence-electron chi connectivity index (χ3n) is 2.90. The van der Waals surface area contributed by atoms with Gasteiger partial charge in [0, 0.05) is 16.7 Å². The highest BCUT2D eigenvalue weighted by Crippen LogP contribution is 2.33. The molecule has 2 heterocycles. The Kier molecular flexibility index (Phi) is 5.18. The number of hydrogen-bond donors (Lipinski definition) is 1. The Bertz CT molecular complexity index is 931. The Morgan fingerprint density at radius 3 is 2.62 bits per heavy atom. The van der Waals surface area contributed by atoms with Gasteiger partial charge in [0.25, 0.3) is 5.91 Å². The Morgan fingerprint density at radius 1 is 1.19 bits per heavy atom. The third kappa shape index (κ3) is 4.55. The Labute approximate surface area is 157 Å². The van der Waals surface area contributed by atoms with Gasteiger partial charge in [-0.1, -0.05) is 33.3 Å². The van der Waals surface area contributed by atoms with Crippen LogP contribution >= 0.6 is 27.3 Å². The van der Waals surface area contributed by atoms with E-state index in [1.165, 1.54) is 18.3 Å². The zero-order valence-electron chi connectivity index (χ0n) is 12.6. The molecule has 1 N–H and O–H groups in total. The topological polar surface area (TPSA) is 77.0 Å². The van der Waals surface area contributed by atoms with Gasteiger partial charge < -0.3 is 4.74 Å². The summed E-state index contributed by atoms with van der Waals surface area (Å²) in [6.07, 6.45) is -3.36. The number of aromatic nitrogens is 3. The standard InChI is InChI=1S/C15H8BrF3N4O2S/c16-9-2-1-3-10(6-9)25-11-5-4-8(7-20-11)12(24)21-14-23-22-13(26-14)15(17,18)19/h1-7H,(H,21,23,24). The monoisotopic (exact) mass is 444 g/mol. The summed E-state index contributed by atoms with van der Waals surface area (Å²) >= 11 is 3.56. The summed E-state index contributed by atoms with van der Waals surface area (Å²) in [5.74, 6) is 0.156. The van der Waals surface area contributed by atoms with Crippen molar-refractivity contribution in [1.29, 1.82) is 0 Å². The van der Waals surface area contributed by atoms with Gasteiger partial charge in [0.1, 0.15) is 5.75 Å². The summed E-state index contributed by atoms with van der Waals surface area (Å²) in [5.41, 5.74) is 0.135. The molecule has 1 aromatic carbocycles. The molecular weight excluding hydrogens is 437 g/mol. The molecule has 3 rings (SSSR count). The van der Waals surface area contributed by atoms with Crippen LogP contribution in [0.4, 0.5) is 18.3 Å². The van der Waals surface area contributed by atoms with Crippen LogP contribution in [0.1, 0.15) is 15.4 Å². The molecule has 0 saturated heterocycles. The molecule has 0 bridgehead atoms. The van der Waals surface area contributed by atoms with Crippen molar-refractivity contribution in [2.24, 2.45) is 0 Å². The zero-order chi connectivity index (χ0) is 18.7. The van der Waals surface area contributed by atoms with E-state index in [0.717, 1.165) is 4.47 Å². The number of alkyl halides is 3. The largest absolute Gasteiger partial charge is 0.445 e. The lowest BCUT2D eigenvalue weighted by Gasteiger charge is -2.06. The minimum absolute atomic E-state index is 0.135. The maximum absolute atomic E-state index is 12.5. The minimum Gasteiger partial charge on any atom is -0.439 e. The number of pyridine rings is 1. The highest BCUT2D eigenvalue weighted by Gasteiger charge is 2.35. The molecule has 26 heavy (non-hydrogen) atoms. The molecule has 3 aromatic rings. The van der Waals surface area contributed by atoms with Crippen molar-refractivity contribution >= 4 is 38.3 Å². The van der Waals surface area contributed by atoms with Gasteiger partial charge in [-0.05, 0) is 24.3 Å². The molecule has 134 valence electrons. The van der Waals surface area contributed by atoms with Crippen molar-refractivity contribution in [1.82, 2.24) is 15.2 Å². The van der Waals surface area contributed by atoms with Crippen LogP contribution in [0.5, 0.6) is 11.6 Å². The maximum atomic E-state index is 12.5. The number of halogens is 4. The molecule has 0 aliphatic carbocycles. The van der Waals surface area contributed by atoms with Gasteiger partial charge in [-0.2, -0.15) is 13.2 Å². The molecule has 0 radical (unpaired) electrons. The van der Waals surface area contributed by atoms with Crippen molar-refractivity contribution in [3.05, 3.63) is 57.6 Å². The van der Waals surface area contributed by atoms with Gasteiger partial charge in [0.2, 0.25) is 16.0 Å². The van der Waals surface area contributed by atoms with Crippen molar-refractivity contribution in [3.63, 3.8) is 0 Å². The highest BCUT2D eigenvalue weighted by atomic mass is 79.9. The lowest BCUT2D eigenvalue weighted by Crippen LogP contribution is -2.12. The molecule has 0 spiro atoms. The normalized spacial score (nSPS) is 11.2. The number of nitrogens with one attached hydrogen (secondary N) is 1. The van der Waals surface area contributed by atoms with Crippen molar-refractivity contribution in [2.45, 2.75) is 6.18 Å². The molecular formula is C15H8BrF3N4O2S. The number of anilines is 1. The second-order valence-corrected chi connectivity index (χ2v) is 6.70. The summed E-state index contributed by atoms with van der Waals surface area (Å²) in [6, 6.07) is 10.0. The number of carbonyl (C=O) groups excluding carboxylic acids is 1. The Hall–Kier alpha value is -2.53. The van der Waals surface area contributed by atoms with Crippen LogP contribution in [0.3, 0.4) is 0 Å². The number of rotatable bonds is 4. The number of nitrogens with zero attached hydrogens (tertiary/aromatic N) is 3. The van der Waals surface area contributed by atoms with Gasteiger partial charge in [-0.15, -0.1) is 10.2 Å². The molecule has 0 aliphatic rings. The SMILES string of the molecule is O=C(Nc1nnc(C(F)(F)F)s1)c1ccc(Oc2cccc(Br)c2)nc1. The van der Waals surface area contributed by atoms with Crippen molar-refractivity contribution in [3.8, 4) is 11.6 Å². The molecule has 6 nitrogen and oxygen atoms in total. The molecule has 0 atom stereocenters. The van der Waals surface area contributed by atoms with Crippen LogP contribution in [0.15, 0.2) is 47.1 Å². The molecule has 1 amide bonds. The lowest BCUT2D eigenvalue weighted by molar-refractivity contribution is -0.138. The fourth-order valence-corrected chi connectivity index (χ4v) is 2.77. The third-order valence-corrected chi connectivity index (χ3v) is 4.28. The predicted octanol–water partition coefficient (Wildman–Crippen LogP) is 4.76. The first kappa shape index (κ1) is 18.3. The van der Waals surface area contributed by atoms with E-state index in [2.05, 4.69) is 36.4 Å². The fourth-order valence-electron chi connectivity index (χ4n) is 1.78. The average molecular weight is 445 g/mol. The van der Waals surface area contributed by atoms with Gasteiger partial charge in [0.15, 0.2) is 0 Å². The van der Waals surface area contributed by atoms with Gasteiger partial charge in [-0.25, -0.2) is 4.98 Å². The minimum atomic E-state index is -4.60. The van der Waals surface area contributed by atoms with Gasteiger partial charge in [-0.3, -0.25) is 10.1 Å². The number of amides is 1. The van der Waals surface area contributed by atoms with E-state index in [-0.39, 0.29) is 27.9 Å². The summed E-state index contributed by atoms with van der Waals surface area (Å²) < 4.78 is 43.8. The first-order valence-electron chi connectivity index (χ1n) is 6.93. The molecule has 0 unspecified atom stereocenters. The Balaban J connectivity index is 1.66. The lowest BCUT2D eigenvalue weighted by atomic mass is 10.3. The van der Waals surface area contributed by atoms with Crippen LogP contribution in [0, 0.1) is 0 Å². The van der Waals surface area contributed by atoms with E-state index < -0.39 is 17.1 Å². The molecule has 2 aromatic heterocycles. The van der Waals surface area contributed by atoms with Gasteiger partial charge in [0.05, 0.1) is 5.56 Å². The van der Waals surface area contributed by atoms with E-state index in [4.69, 9.17) is 4.74 Å². The fraction of sp³-hybridized carbons (Fsp3) is 0.0667.